The fourth-order valence-corrected chi connectivity index (χ4v) is 4.91. The van der Waals surface area contributed by atoms with Crippen molar-refractivity contribution in [2.75, 3.05) is 17.1 Å². The number of amides is 2. The predicted molar refractivity (Wildman–Crippen MR) is 142 cm³/mol. The molecule has 0 bridgehead atoms. The van der Waals surface area contributed by atoms with Gasteiger partial charge in [0.1, 0.15) is 12.6 Å². The fraction of sp³-hybridized carbons (Fsp3) is 0.462. The minimum atomic E-state index is -3.78. The van der Waals surface area contributed by atoms with Crippen LogP contribution in [0.15, 0.2) is 42.5 Å². The van der Waals surface area contributed by atoms with Gasteiger partial charge in [-0.1, -0.05) is 49.7 Å². The van der Waals surface area contributed by atoms with Crippen molar-refractivity contribution < 1.29 is 18.0 Å². The van der Waals surface area contributed by atoms with E-state index < -0.39 is 28.5 Å². The molecule has 7 nitrogen and oxygen atoms in total. The lowest BCUT2D eigenvalue weighted by Crippen LogP contribution is -2.53. The molecule has 0 spiro atoms. The maximum absolute atomic E-state index is 13.7. The smallest absolute Gasteiger partial charge is 0.244 e. The molecule has 1 N–H and O–H groups in total. The number of anilines is 1. The molecule has 0 fully saturated rings. The molecular weight excluding hydrogens is 486 g/mol. The Hall–Kier alpha value is -2.58. The molecule has 2 aromatic rings. The summed E-state index contributed by atoms with van der Waals surface area (Å²) in [4.78, 5) is 28.3. The Morgan fingerprint density at radius 1 is 1.03 bits per heavy atom. The molecule has 9 heteroatoms. The van der Waals surface area contributed by atoms with Crippen LogP contribution in [0.4, 0.5) is 5.69 Å². The van der Waals surface area contributed by atoms with E-state index in [-0.39, 0.29) is 18.5 Å². The summed E-state index contributed by atoms with van der Waals surface area (Å²) < 4.78 is 26.6. The highest BCUT2D eigenvalue weighted by molar-refractivity contribution is 7.92. The van der Waals surface area contributed by atoms with E-state index >= 15 is 0 Å². The third kappa shape index (κ3) is 7.97. The Bertz CT molecular complexity index is 1130. The maximum Gasteiger partial charge on any atom is 0.244 e. The first-order valence-corrected chi connectivity index (χ1v) is 14.0. The van der Waals surface area contributed by atoms with Crippen molar-refractivity contribution >= 4 is 39.1 Å². The number of carbonyl (C=O) groups is 2. The van der Waals surface area contributed by atoms with Crippen molar-refractivity contribution in [3.63, 3.8) is 0 Å². The molecule has 0 aromatic heterocycles. The van der Waals surface area contributed by atoms with Gasteiger partial charge in [0.2, 0.25) is 21.8 Å². The van der Waals surface area contributed by atoms with Crippen LogP contribution in [0.25, 0.3) is 0 Å². The number of hydrogen-bond donors (Lipinski definition) is 1. The Morgan fingerprint density at radius 3 is 2.14 bits per heavy atom. The van der Waals surface area contributed by atoms with Gasteiger partial charge < -0.3 is 10.2 Å². The van der Waals surface area contributed by atoms with Crippen LogP contribution in [0.5, 0.6) is 0 Å². The monoisotopic (exact) mass is 521 g/mol. The third-order valence-electron chi connectivity index (χ3n) is 5.86. The van der Waals surface area contributed by atoms with Gasteiger partial charge in [0.25, 0.3) is 0 Å². The van der Waals surface area contributed by atoms with Crippen molar-refractivity contribution in [1.29, 1.82) is 0 Å². The largest absolute Gasteiger partial charge is 0.352 e. The number of sulfonamides is 1. The minimum Gasteiger partial charge on any atom is -0.352 e. The summed E-state index contributed by atoms with van der Waals surface area (Å²) >= 11 is 6.37. The zero-order chi connectivity index (χ0) is 26.3. The van der Waals surface area contributed by atoms with Gasteiger partial charge in [-0.25, -0.2) is 8.42 Å². The molecule has 192 valence electrons. The summed E-state index contributed by atoms with van der Waals surface area (Å²) in [5.41, 5.74) is 2.85. The molecule has 0 aliphatic carbocycles. The second-order valence-electron chi connectivity index (χ2n) is 8.97. The number of hydrogen-bond acceptors (Lipinski definition) is 4. The van der Waals surface area contributed by atoms with Gasteiger partial charge in [0.15, 0.2) is 0 Å². The van der Waals surface area contributed by atoms with E-state index in [4.69, 9.17) is 11.6 Å². The van der Waals surface area contributed by atoms with Crippen molar-refractivity contribution in [3.8, 4) is 0 Å². The number of halogens is 1. The molecule has 0 saturated heterocycles. The summed E-state index contributed by atoms with van der Waals surface area (Å²) in [6, 6.07) is 11.7. The van der Waals surface area contributed by atoms with Gasteiger partial charge >= 0.3 is 0 Å². The zero-order valence-electron chi connectivity index (χ0n) is 21.3. The molecule has 2 amide bonds. The highest BCUT2D eigenvalue weighted by Gasteiger charge is 2.32. The first-order chi connectivity index (χ1) is 16.4. The van der Waals surface area contributed by atoms with Crippen LogP contribution >= 0.6 is 11.6 Å². The van der Waals surface area contributed by atoms with Crippen molar-refractivity contribution in [3.05, 3.63) is 64.2 Å². The average molecular weight is 522 g/mol. The first kappa shape index (κ1) is 28.7. The molecule has 2 aromatic carbocycles. The van der Waals surface area contributed by atoms with Gasteiger partial charge in [-0.2, -0.15) is 0 Å². The number of nitrogens with one attached hydrogen (secondary N) is 1. The van der Waals surface area contributed by atoms with E-state index in [1.165, 1.54) is 4.90 Å². The summed E-state index contributed by atoms with van der Waals surface area (Å²) in [5, 5.41) is 3.42. The van der Waals surface area contributed by atoms with Crippen LogP contribution in [-0.4, -0.2) is 50.0 Å². The highest BCUT2D eigenvalue weighted by atomic mass is 35.5. The molecule has 2 atom stereocenters. The molecule has 2 rings (SSSR count). The third-order valence-corrected chi connectivity index (χ3v) is 7.37. The number of carbonyl (C=O) groups excluding carboxylic acids is 2. The predicted octanol–water partition coefficient (Wildman–Crippen LogP) is 4.44. The number of nitrogens with zero attached hydrogens (tertiary/aromatic N) is 2. The molecule has 0 unspecified atom stereocenters. The molecule has 0 heterocycles. The molecule has 0 saturated carbocycles. The van der Waals surface area contributed by atoms with Crippen LogP contribution in [-0.2, 0) is 26.2 Å². The lowest BCUT2D eigenvalue weighted by molar-refractivity contribution is -0.140. The second kappa shape index (κ2) is 12.4. The van der Waals surface area contributed by atoms with E-state index in [0.29, 0.717) is 22.7 Å². The number of benzene rings is 2. The van der Waals surface area contributed by atoms with E-state index in [1.54, 1.807) is 30.3 Å². The van der Waals surface area contributed by atoms with Crippen LogP contribution in [0.3, 0.4) is 0 Å². The summed E-state index contributed by atoms with van der Waals surface area (Å²) in [6.07, 6.45) is 2.18. The quantitative estimate of drug-likeness (QED) is 0.473. The molecular formula is C26H36ClN3O4S. The SMILES string of the molecule is CC[C@@H](C)NC(=O)[C@H](CC)N(Cc1ccccc1Cl)C(=O)CN(c1cc(C)cc(C)c1)S(C)(=O)=O. The normalized spacial score (nSPS) is 13.1. The van der Waals surface area contributed by atoms with E-state index in [0.717, 1.165) is 28.1 Å². The number of aryl methyl sites for hydroxylation is 2. The van der Waals surface area contributed by atoms with Crippen LogP contribution in [0, 0.1) is 13.8 Å². The lowest BCUT2D eigenvalue weighted by Gasteiger charge is -2.33. The Kier molecular flexibility index (Phi) is 10.2. The van der Waals surface area contributed by atoms with Crippen molar-refractivity contribution in [2.45, 2.75) is 66.1 Å². The van der Waals surface area contributed by atoms with E-state index in [9.17, 15) is 18.0 Å². The summed E-state index contributed by atoms with van der Waals surface area (Å²) in [6.45, 7) is 9.08. The van der Waals surface area contributed by atoms with Crippen LogP contribution in [0.1, 0.15) is 50.3 Å². The van der Waals surface area contributed by atoms with Gasteiger partial charge in [-0.3, -0.25) is 13.9 Å². The van der Waals surface area contributed by atoms with Crippen LogP contribution in [0.2, 0.25) is 5.02 Å². The van der Waals surface area contributed by atoms with E-state index in [1.807, 2.05) is 46.8 Å². The van der Waals surface area contributed by atoms with Gasteiger partial charge in [0.05, 0.1) is 11.9 Å². The Balaban J connectivity index is 2.49. The second-order valence-corrected chi connectivity index (χ2v) is 11.3. The topological polar surface area (TPSA) is 86.8 Å². The molecule has 0 aliphatic heterocycles. The summed E-state index contributed by atoms with van der Waals surface area (Å²) in [7, 11) is -3.78. The zero-order valence-corrected chi connectivity index (χ0v) is 22.9. The van der Waals surface area contributed by atoms with Crippen molar-refractivity contribution in [1.82, 2.24) is 10.2 Å². The van der Waals surface area contributed by atoms with Gasteiger partial charge in [0, 0.05) is 17.6 Å². The first-order valence-electron chi connectivity index (χ1n) is 11.8. The van der Waals surface area contributed by atoms with Gasteiger partial charge in [-0.15, -0.1) is 0 Å². The fourth-order valence-electron chi connectivity index (χ4n) is 3.88. The van der Waals surface area contributed by atoms with Crippen LogP contribution < -0.4 is 9.62 Å². The standard InChI is InChI=1S/C26H36ClN3O4S/c1-7-20(5)28-26(32)24(8-2)29(16-21-11-9-10-12-23(21)27)25(31)17-30(35(6,33)34)22-14-18(3)13-19(4)15-22/h9-15,20,24H,7-8,16-17H2,1-6H3,(H,28,32)/t20-,24+/m1/s1. The van der Waals surface area contributed by atoms with E-state index in [2.05, 4.69) is 5.32 Å². The highest BCUT2D eigenvalue weighted by Crippen LogP contribution is 2.24. The van der Waals surface area contributed by atoms with Crippen molar-refractivity contribution in [2.24, 2.45) is 0 Å². The minimum absolute atomic E-state index is 0.0587. The molecule has 0 radical (unpaired) electrons. The maximum atomic E-state index is 13.7. The molecule has 0 aliphatic rings. The Labute approximate surface area is 214 Å². The number of rotatable bonds is 11. The van der Waals surface area contributed by atoms with Gasteiger partial charge in [-0.05, 0) is 68.5 Å². The summed E-state index contributed by atoms with van der Waals surface area (Å²) in [5.74, 6) is -0.764. The average Bonchev–Trinajstić information content (AvgIpc) is 2.76. The molecule has 35 heavy (non-hydrogen) atoms. The lowest BCUT2D eigenvalue weighted by atomic mass is 10.1. The Morgan fingerprint density at radius 2 is 1.63 bits per heavy atom.